The lowest BCUT2D eigenvalue weighted by Gasteiger charge is -1.89. The average Bonchev–Trinajstić information content (AvgIpc) is 0.811. The van der Waals surface area contributed by atoms with Crippen LogP contribution in [0.3, 0.4) is 0 Å². The van der Waals surface area contributed by atoms with Gasteiger partial charge in [-0.25, -0.2) is 0 Å². The van der Waals surface area contributed by atoms with Gasteiger partial charge in [-0.15, -0.1) is 0 Å². The number of hydroxylamine groups is 2. The largest absolute Gasteiger partial charge is 0.412 e. The SMILES string of the molecule is CN(C)O.O. The van der Waals surface area contributed by atoms with Gasteiger partial charge in [0.25, 0.3) is 0 Å². The van der Waals surface area contributed by atoms with Crippen LogP contribution in [0.2, 0.25) is 0 Å². The molecule has 0 unspecified atom stereocenters. The third-order valence-electron chi connectivity index (χ3n) is 0. The highest BCUT2D eigenvalue weighted by molar-refractivity contribution is 3.90. The molecule has 34 valence electrons. The van der Waals surface area contributed by atoms with Crippen LogP contribution in [0.5, 0.6) is 0 Å². The molecule has 0 rings (SSSR count). The molecule has 0 radical (unpaired) electrons. The van der Waals surface area contributed by atoms with Gasteiger partial charge in [0.05, 0.1) is 0 Å². The summed E-state index contributed by atoms with van der Waals surface area (Å²) in [5.41, 5.74) is 0. The Morgan fingerprint density at radius 1 is 1.40 bits per heavy atom. The Labute approximate surface area is 31.1 Å². The number of hydrogen-bond acceptors (Lipinski definition) is 2. The van der Waals surface area contributed by atoms with Crippen LogP contribution in [0.1, 0.15) is 0 Å². The van der Waals surface area contributed by atoms with Crippen molar-refractivity contribution in [3.63, 3.8) is 0 Å². The standard InChI is InChI=1S/C2H7NO.H2O/c1-3(2)4;/h4H,1-2H3;1H2. The van der Waals surface area contributed by atoms with Crippen LogP contribution in [0.25, 0.3) is 0 Å². The first-order valence-corrected chi connectivity index (χ1v) is 1.09. The molecule has 3 nitrogen and oxygen atoms in total. The predicted octanol–water partition coefficient (Wildman–Crippen LogP) is -0.887. The highest BCUT2D eigenvalue weighted by Crippen LogP contribution is 1.46. The molecule has 0 aliphatic rings. The Balaban J connectivity index is 0. The van der Waals surface area contributed by atoms with Crippen molar-refractivity contribution in [2.45, 2.75) is 0 Å². The Bertz CT molecular complexity index is 12.4. The summed E-state index contributed by atoms with van der Waals surface area (Å²) in [6.45, 7) is 0. The maximum atomic E-state index is 7.89. The van der Waals surface area contributed by atoms with Gasteiger partial charge in [0.1, 0.15) is 0 Å². The second-order valence-electron chi connectivity index (χ2n) is 0.847. The molecule has 0 aromatic heterocycles. The second kappa shape index (κ2) is 3.88. The topological polar surface area (TPSA) is 55.0 Å². The summed E-state index contributed by atoms with van der Waals surface area (Å²) in [6.07, 6.45) is 0. The van der Waals surface area contributed by atoms with Crippen LogP contribution in [0.15, 0.2) is 0 Å². The van der Waals surface area contributed by atoms with E-state index < -0.39 is 0 Å². The minimum absolute atomic E-state index is 0. The fourth-order valence-corrected chi connectivity index (χ4v) is 0. The zero-order valence-corrected chi connectivity index (χ0v) is 3.39. The summed E-state index contributed by atoms with van der Waals surface area (Å²) in [7, 11) is 3.11. The molecule has 5 heavy (non-hydrogen) atoms. The number of hydrogen-bond donors (Lipinski definition) is 1. The van der Waals surface area contributed by atoms with Crippen LogP contribution in [0.4, 0.5) is 0 Å². The summed E-state index contributed by atoms with van der Waals surface area (Å²) < 4.78 is 0. The smallest absolute Gasteiger partial charge is 0.0121 e. The monoisotopic (exact) mass is 79.1 g/mol. The van der Waals surface area contributed by atoms with E-state index in [4.69, 9.17) is 5.21 Å². The van der Waals surface area contributed by atoms with Gasteiger partial charge in [-0.1, -0.05) is 0 Å². The highest BCUT2D eigenvalue weighted by atomic mass is 16.5. The Kier molecular flexibility index (Phi) is 6.87. The van der Waals surface area contributed by atoms with Gasteiger partial charge in [-0.05, 0) is 0 Å². The van der Waals surface area contributed by atoms with E-state index in [0.29, 0.717) is 0 Å². The lowest BCUT2D eigenvalue weighted by atomic mass is 11.2. The highest BCUT2D eigenvalue weighted by Gasteiger charge is 1.59. The number of nitrogens with zero attached hydrogens (tertiary/aromatic N) is 1. The molecular weight excluding hydrogens is 70.0 g/mol. The van der Waals surface area contributed by atoms with E-state index in [9.17, 15) is 0 Å². The van der Waals surface area contributed by atoms with Gasteiger partial charge < -0.3 is 10.7 Å². The van der Waals surface area contributed by atoms with E-state index in [1.54, 1.807) is 14.1 Å². The van der Waals surface area contributed by atoms with Gasteiger partial charge >= 0.3 is 0 Å². The van der Waals surface area contributed by atoms with Crippen molar-refractivity contribution in [3.8, 4) is 0 Å². The molecule has 0 heterocycles. The van der Waals surface area contributed by atoms with E-state index >= 15 is 0 Å². The molecule has 0 fully saturated rings. The average molecular weight is 79.1 g/mol. The molecule has 0 aliphatic heterocycles. The summed E-state index contributed by atoms with van der Waals surface area (Å²) in [5.74, 6) is 0. The molecule has 0 bridgehead atoms. The quantitative estimate of drug-likeness (QED) is 0.383. The van der Waals surface area contributed by atoms with Crippen molar-refractivity contribution in [2.75, 3.05) is 14.1 Å². The molecule has 0 amide bonds. The Morgan fingerprint density at radius 2 is 1.40 bits per heavy atom. The summed E-state index contributed by atoms with van der Waals surface area (Å²) >= 11 is 0. The van der Waals surface area contributed by atoms with E-state index in [1.807, 2.05) is 0 Å². The molecule has 0 aliphatic carbocycles. The molecule has 0 saturated heterocycles. The summed E-state index contributed by atoms with van der Waals surface area (Å²) in [5, 5.41) is 8.89. The van der Waals surface area contributed by atoms with Gasteiger partial charge in [0.15, 0.2) is 0 Å². The lowest BCUT2D eigenvalue weighted by molar-refractivity contribution is -0.0372. The Morgan fingerprint density at radius 3 is 1.40 bits per heavy atom. The van der Waals surface area contributed by atoms with Crippen LogP contribution >= 0.6 is 0 Å². The second-order valence-corrected chi connectivity index (χ2v) is 0.847. The maximum absolute atomic E-state index is 7.89. The molecule has 0 spiro atoms. The lowest BCUT2D eigenvalue weighted by Crippen LogP contribution is -2.01. The van der Waals surface area contributed by atoms with Gasteiger partial charge in [0.2, 0.25) is 0 Å². The molecule has 0 aromatic carbocycles. The van der Waals surface area contributed by atoms with Gasteiger partial charge in [0, 0.05) is 14.1 Å². The molecule has 0 saturated carbocycles. The van der Waals surface area contributed by atoms with E-state index in [1.165, 1.54) is 0 Å². The summed E-state index contributed by atoms with van der Waals surface area (Å²) in [6, 6.07) is 0. The Hall–Kier alpha value is -0.120. The molecule has 0 aromatic rings. The minimum Gasteiger partial charge on any atom is -0.412 e. The molecule has 0 atom stereocenters. The van der Waals surface area contributed by atoms with Crippen molar-refractivity contribution < 1.29 is 10.7 Å². The van der Waals surface area contributed by atoms with Crippen molar-refractivity contribution in [1.82, 2.24) is 5.06 Å². The first-order valence-electron chi connectivity index (χ1n) is 1.09. The first kappa shape index (κ1) is 8.86. The van der Waals surface area contributed by atoms with Crippen LogP contribution in [-0.4, -0.2) is 29.8 Å². The zero-order valence-electron chi connectivity index (χ0n) is 3.39. The maximum Gasteiger partial charge on any atom is 0.0121 e. The zero-order chi connectivity index (χ0) is 3.58. The van der Waals surface area contributed by atoms with Gasteiger partial charge in [-0.2, -0.15) is 5.06 Å². The fourth-order valence-electron chi connectivity index (χ4n) is 0. The van der Waals surface area contributed by atoms with Crippen molar-refractivity contribution in [1.29, 1.82) is 0 Å². The summed E-state index contributed by atoms with van der Waals surface area (Å²) in [4.78, 5) is 0. The van der Waals surface area contributed by atoms with E-state index in [2.05, 4.69) is 0 Å². The molecular formula is C2H9NO2. The van der Waals surface area contributed by atoms with Crippen LogP contribution in [0, 0.1) is 0 Å². The van der Waals surface area contributed by atoms with Crippen molar-refractivity contribution in [2.24, 2.45) is 0 Å². The minimum atomic E-state index is 0. The van der Waals surface area contributed by atoms with Gasteiger partial charge in [-0.3, -0.25) is 0 Å². The van der Waals surface area contributed by atoms with Crippen LogP contribution < -0.4 is 0 Å². The van der Waals surface area contributed by atoms with E-state index in [-0.39, 0.29) is 5.48 Å². The third-order valence-corrected chi connectivity index (χ3v) is 0. The molecule has 3 N–H and O–H groups in total. The third kappa shape index (κ3) is 952. The molecule has 3 heteroatoms. The van der Waals surface area contributed by atoms with Crippen molar-refractivity contribution >= 4 is 0 Å². The first-order chi connectivity index (χ1) is 1.73. The predicted molar refractivity (Wildman–Crippen MR) is 19.1 cm³/mol. The number of rotatable bonds is 0. The van der Waals surface area contributed by atoms with Crippen molar-refractivity contribution in [3.05, 3.63) is 0 Å². The van der Waals surface area contributed by atoms with Crippen LogP contribution in [-0.2, 0) is 0 Å². The fraction of sp³-hybridized carbons (Fsp3) is 1.00. The van der Waals surface area contributed by atoms with E-state index in [0.717, 1.165) is 5.06 Å². The normalized spacial score (nSPS) is 7.20.